The van der Waals surface area contributed by atoms with E-state index < -0.39 is 17.5 Å². The molecule has 2 aromatic carbocycles. The summed E-state index contributed by atoms with van der Waals surface area (Å²) in [5.74, 6) is -0.314. The van der Waals surface area contributed by atoms with Crippen molar-refractivity contribution in [1.29, 1.82) is 0 Å². The van der Waals surface area contributed by atoms with Crippen molar-refractivity contribution in [2.45, 2.75) is 20.3 Å². The lowest BCUT2D eigenvalue weighted by Gasteiger charge is -2.12. The Balaban J connectivity index is 1.66. The molecule has 1 heterocycles. The van der Waals surface area contributed by atoms with Crippen LogP contribution in [-0.2, 0) is 9.53 Å². The van der Waals surface area contributed by atoms with Crippen molar-refractivity contribution < 1.29 is 28.2 Å². The van der Waals surface area contributed by atoms with Crippen LogP contribution in [0.4, 0.5) is 0 Å². The first-order chi connectivity index (χ1) is 15.8. The standard InChI is InChI=1S/C24H24BrNO7/c1-14-9-17(25)10-15(2)22(14)31-13-21(27)32-18-6-5-16-11-19(24(29)33-20(16)12-18)23(28)26-7-4-8-30-3/h5-6,9-12H,4,7-8,13H2,1-3H3,(H,26,28). The van der Waals surface area contributed by atoms with Crippen LogP contribution in [0.3, 0.4) is 0 Å². The van der Waals surface area contributed by atoms with Gasteiger partial charge in [0.25, 0.3) is 5.91 Å². The van der Waals surface area contributed by atoms with Crippen LogP contribution in [0.1, 0.15) is 27.9 Å². The smallest absolute Gasteiger partial charge is 0.349 e. The summed E-state index contributed by atoms with van der Waals surface area (Å²) < 4.78 is 22.1. The van der Waals surface area contributed by atoms with Gasteiger partial charge in [-0.15, -0.1) is 0 Å². The van der Waals surface area contributed by atoms with Crippen LogP contribution in [0.2, 0.25) is 0 Å². The van der Waals surface area contributed by atoms with Gasteiger partial charge in [-0.1, -0.05) is 15.9 Å². The lowest BCUT2D eigenvalue weighted by atomic mass is 10.1. The van der Waals surface area contributed by atoms with Crippen molar-refractivity contribution >= 4 is 38.8 Å². The van der Waals surface area contributed by atoms with E-state index in [0.717, 1.165) is 15.6 Å². The topological polar surface area (TPSA) is 104 Å². The number of halogens is 1. The van der Waals surface area contributed by atoms with E-state index in [1.165, 1.54) is 12.1 Å². The molecule has 1 amide bonds. The summed E-state index contributed by atoms with van der Waals surface area (Å²) >= 11 is 3.42. The Labute approximate surface area is 199 Å². The van der Waals surface area contributed by atoms with Crippen LogP contribution in [-0.4, -0.2) is 38.7 Å². The molecule has 0 unspecified atom stereocenters. The molecule has 1 N–H and O–H groups in total. The van der Waals surface area contributed by atoms with Crippen LogP contribution >= 0.6 is 15.9 Å². The molecule has 0 saturated heterocycles. The minimum Gasteiger partial charge on any atom is -0.481 e. The number of carbonyl (C=O) groups is 2. The number of amides is 1. The number of hydrogen-bond acceptors (Lipinski definition) is 7. The molecule has 0 saturated carbocycles. The number of esters is 1. The van der Waals surface area contributed by atoms with E-state index in [4.69, 9.17) is 18.6 Å². The summed E-state index contributed by atoms with van der Waals surface area (Å²) in [6.07, 6.45) is 0.626. The zero-order valence-electron chi connectivity index (χ0n) is 18.5. The van der Waals surface area contributed by atoms with E-state index >= 15 is 0 Å². The Morgan fingerprint density at radius 2 is 1.82 bits per heavy atom. The summed E-state index contributed by atoms with van der Waals surface area (Å²) in [6.45, 7) is 4.37. The predicted molar refractivity (Wildman–Crippen MR) is 126 cm³/mol. The Bertz CT molecular complexity index is 1210. The molecule has 3 rings (SSSR count). The van der Waals surface area contributed by atoms with Gasteiger partial charge in [0.05, 0.1) is 0 Å². The molecule has 9 heteroatoms. The largest absolute Gasteiger partial charge is 0.481 e. The van der Waals surface area contributed by atoms with E-state index in [-0.39, 0.29) is 23.5 Å². The third-order valence-electron chi connectivity index (χ3n) is 4.75. The van der Waals surface area contributed by atoms with Crippen molar-refractivity contribution in [1.82, 2.24) is 5.32 Å². The number of nitrogens with one attached hydrogen (secondary N) is 1. The number of methoxy groups -OCH3 is 1. The summed E-state index contributed by atoms with van der Waals surface area (Å²) in [6, 6.07) is 9.81. The highest BCUT2D eigenvalue weighted by molar-refractivity contribution is 9.10. The summed E-state index contributed by atoms with van der Waals surface area (Å²) in [5.41, 5.74) is 1.10. The van der Waals surface area contributed by atoms with Crippen LogP contribution in [0, 0.1) is 13.8 Å². The van der Waals surface area contributed by atoms with E-state index in [1.807, 2.05) is 26.0 Å². The lowest BCUT2D eigenvalue weighted by Crippen LogP contribution is -2.29. The number of rotatable bonds is 9. The molecule has 3 aromatic rings. The molecule has 0 aliphatic heterocycles. The van der Waals surface area contributed by atoms with E-state index in [1.54, 1.807) is 19.2 Å². The van der Waals surface area contributed by atoms with Gasteiger partial charge in [0.2, 0.25) is 0 Å². The molecule has 8 nitrogen and oxygen atoms in total. The van der Waals surface area contributed by atoms with Gasteiger partial charge < -0.3 is 23.9 Å². The van der Waals surface area contributed by atoms with Crippen LogP contribution in [0.25, 0.3) is 11.0 Å². The number of benzene rings is 2. The van der Waals surface area contributed by atoms with Crippen LogP contribution in [0.15, 0.2) is 50.1 Å². The third kappa shape index (κ3) is 6.43. The normalized spacial score (nSPS) is 10.8. The van der Waals surface area contributed by atoms with Crippen LogP contribution in [0.5, 0.6) is 11.5 Å². The highest BCUT2D eigenvalue weighted by Crippen LogP contribution is 2.27. The first-order valence-electron chi connectivity index (χ1n) is 10.2. The van der Waals surface area contributed by atoms with Crippen molar-refractivity contribution in [2.24, 2.45) is 0 Å². The fourth-order valence-electron chi connectivity index (χ4n) is 3.24. The van der Waals surface area contributed by atoms with Gasteiger partial charge in [-0.05, 0) is 61.7 Å². The minimum atomic E-state index is -0.778. The molecular weight excluding hydrogens is 494 g/mol. The first kappa shape index (κ1) is 24.5. The molecule has 1 aromatic heterocycles. The first-order valence-corrected chi connectivity index (χ1v) is 11.0. The second-order valence-electron chi connectivity index (χ2n) is 7.38. The summed E-state index contributed by atoms with van der Waals surface area (Å²) in [4.78, 5) is 36.8. The fraction of sp³-hybridized carbons (Fsp3) is 0.292. The molecule has 0 aliphatic rings. The molecule has 0 fully saturated rings. The van der Waals surface area contributed by atoms with Gasteiger partial charge >= 0.3 is 11.6 Å². The molecule has 0 atom stereocenters. The molecule has 0 radical (unpaired) electrons. The van der Waals surface area contributed by atoms with Gasteiger partial charge in [-0.3, -0.25) is 4.79 Å². The summed E-state index contributed by atoms with van der Waals surface area (Å²) in [7, 11) is 1.57. The zero-order valence-corrected chi connectivity index (χ0v) is 20.1. The Kier molecular flexibility index (Phi) is 8.24. The average molecular weight is 518 g/mol. The van der Waals surface area contributed by atoms with Crippen molar-refractivity contribution in [3.63, 3.8) is 0 Å². The van der Waals surface area contributed by atoms with E-state index in [9.17, 15) is 14.4 Å². The SMILES string of the molecule is COCCCNC(=O)c1cc2ccc(OC(=O)COc3c(C)cc(Br)cc3C)cc2oc1=O. The Morgan fingerprint density at radius 1 is 1.09 bits per heavy atom. The van der Waals surface area contributed by atoms with E-state index in [0.29, 0.717) is 30.7 Å². The van der Waals surface area contributed by atoms with Crippen molar-refractivity contribution in [2.75, 3.05) is 26.9 Å². The average Bonchev–Trinajstić information content (AvgIpc) is 2.75. The molecule has 174 valence electrons. The van der Waals surface area contributed by atoms with Gasteiger partial charge in [0.1, 0.15) is 22.6 Å². The quantitative estimate of drug-likeness (QED) is 0.198. The molecule has 0 bridgehead atoms. The van der Waals surface area contributed by atoms with Gasteiger partial charge in [-0.25, -0.2) is 9.59 Å². The number of carbonyl (C=O) groups excluding carboxylic acids is 2. The monoisotopic (exact) mass is 517 g/mol. The van der Waals surface area contributed by atoms with Crippen LogP contribution < -0.4 is 20.4 Å². The minimum absolute atomic E-state index is 0.0988. The molecule has 0 aliphatic carbocycles. The predicted octanol–water partition coefficient (Wildman–Crippen LogP) is 3.92. The van der Waals surface area contributed by atoms with Crippen molar-refractivity contribution in [3.05, 3.63) is 68.0 Å². The Morgan fingerprint density at radius 3 is 2.52 bits per heavy atom. The van der Waals surface area contributed by atoms with E-state index in [2.05, 4.69) is 21.2 Å². The maximum Gasteiger partial charge on any atom is 0.349 e. The molecule has 33 heavy (non-hydrogen) atoms. The number of aryl methyl sites for hydroxylation is 2. The number of hydrogen-bond donors (Lipinski definition) is 1. The lowest BCUT2D eigenvalue weighted by molar-refractivity contribution is -0.136. The molecular formula is C24H24BrNO7. The second kappa shape index (κ2) is 11.1. The Hall–Kier alpha value is -3.17. The van der Waals surface area contributed by atoms with Gasteiger partial charge in [0.15, 0.2) is 6.61 Å². The van der Waals surface area contributed by atoms with Crippen molar-refractivity contribution in [3.8, 4) is 11.5 Å². The maximum absolute atomic E-state index is 12.3. The number of fused-ring (bicyclic) bond motifs is 1. The summed E-state index contributed by atoms with van der Waals surface area (Å²) in [5, 5.41) is 3.17. The second-order valence-corrected chi connectivity index (χ2v) is 8.30. The molecule has 0 spiro atoms. The fourth-order valence-corrected chi connectivity index (χ4v) is 3.93. The number of ether oxygens (including phenoxy) is 3. The van der Waals surface area contributed by atoms with Gasteiger partial charge in [-0.2, -0.15) is 0 Å². The third-order valence-corrected chi connectivity index (χ3v) is 5.21. The maximum atomic E-state index is 12.3. The zero-order chi connectivity index (χ0) is 24.0. The van der Waals surface area contributed by atoms with Gasteiger partial charge in [0, 0.05) is 36.2 Å². The highest BCUT2D eigenvalue weighted by Gasteiger charge is 2.15. The highest BCUT2D eigenvalue weighted by atomic mass is 79.9.